The predicted octanol–water partition coefficient (Wildman–Crippen LogP) is 3.68. The number of piperazine rings is 1. The molecule has 2 N–H and O–H groups in total. The molecule has 0 aromatic heterocycles. The van der Waals surface area contributed by atoms with Crippen LogP contribution >= 0.6 is 0 Å². The summed E-state index contributed by atoms with van der Waals surface area (Å²) in [5, 5.41) is 6.83. The van der Waals surface area contributed by atoms with E-state index in [4.69, 9.17) is 0 Å². The van der Waals surface area contributed by atoms with Gasteiger partial charge >= 0.3 is 6.03 Å². The van der Waals surface area contributed by atoms with E-state index in [2.05, 4.69) is 40.7 Å². The molecule has 0 spiro atoms. The van der Waals surface area contributed by atoms with Gasteiger partial charge in [0.1, 0.15) is 5.82 Å². The molecule has 0 saturated carbocycles. The minimum atomic E-state index is -0.231. The highest BCUT2D eigenvalue weighted by molar-refractivity contribution is 5.92. The average Bonchev–Trinajstić information content (AvgIpc) is 2.81. The lowest BCUT2D eigenvalue weighted by molar-refractivity contribution is 0.191. The second kappa shape index (κ2) is 9.56. The predicted molar refractivity (Wildman–Crippen MR) is 125 cm³/mol. The zero-order chi connectivity index (χ0) is 21.8. The summed E-state index contributed by atoms with van der Waals surface area (Å²) in [7, 11) is 1.86. The molecular weight excluding hydrogens is 393 g/mol. The molecule has 0 unspecified atom stereocenters. The highest BCUT2D eigenvalue weighted by Crippen LogP contribution is 2.27. The molecule has 2 heterocycles. The minimum Gasteiger partial charge on any atom is -0.382 e. The van der Waals surface area contributed by atoms with Crippen LogP contribution in [-0.4, -0.2) is 63.3 Å². The number of nitrogens with zero attached hydrogens (tertiary/aromatic N) is 3. The normalized spacial score (nSPS) is 17.5. The molecule has 2 aromatic carbocycles. The Morgan fingerprint density at radius 1 is 1.06 bits per heavy atom. The van der Waals surface area contributed by atoms with E-state index < -0.39 is 0 Å². The summed E-state index contributed by atoms with van der Waals surface area (Å²) in [6, 6.07) is 13.1. The van der Waals surface area contributed by atoms with Gasteiger partial charge in [-0.3, -0.25) is 4.90 Å². The maximum absolute atomic E-state index is 13.1. The Hall–Kier alpha value is -2.80. The molecule has 7 heteroatoms. The van der Waals surface area contributed by atoms with Gasteiger partial charge in [-0.1, -0.05) is 0 Å². The number of aryl methyl sites for hydroxylation is 1. The monoisotopic (exact) mass is 425 g/mol. The van der Waals surface area contributed by atoms with E-state index in [9.17, 15) is 9.18 Å². The molecule has 31 heavy (non-hydrogen) atoms. The number of rotatable bonds is 4. The molecule has 0 atom stereocenters. The minimum absolute atomic E-state index is 0.0401. The topological polar surface area (TPSA) is 50.9 Å². The summed E-state index contributed by atoms with van der Waals surface area (Å²) in [6.45, 7) is 7.52. The van der Waals surface area contributed by atoms with E-state index in [-0.39, 0.29) is 11.8 Å². The number of likely N-dealkylation sites (tertiary alicyclic amines) is 1. The molecule has 0 bridgehead atoms. The van der Waals surface area contributed by atoms with Gasteiger partial charge in [0, 0.05) is 69.4 Å². The molecule has 2 amide bonds. The molecule has 2 saturated heterocycles. The number of hydrogen-bond acceptors (Lipinski definition) is 4. The molecule has 4 rings (SSSR count). The van der Waals surface area contributed by atoms with Crippen molar-refractivity contribution in [3.05, 3.63) is 53.8 Å². The van der Waals surface area contributed by atoms with Gasteiger partial charge in [-0.15, -0.1) is 0 Å². The Morgan fingerprint density at radius 3 is 2.39 bits per heavy atom. The van der Waals surface area contributed by atoms with Crippen LogP contribution in [0.4, 0.5) is 26.2 Å². The van der Waals surface area contributed by atoms with Crippen molar-refractivity contribution in [2.24, 2.45) is 0 Å². The Kier molecular flexibility index (Phi) is 6.61. The fourth-order valence-corrected chi connectivity index (χ4v) is 4.45. The van der Waals surface area contributed by atoms with Crippen molar-refractivity contribution in [3.8, 4) is 0 Å². The number of piperidine rings is 1. The number of hydrogen-bond donors (Lipinski definition) is 2. The summed E-state index contributed by atoms with van der Waals surface area (Å²) in [6.07, 6.45) is 1.75. The Balaban J connectivity index is 1.33. The number of carbonyl (C=O) groups is 1. The molecule has 2 aliphatic heterocycles. The van der Waals surface area contributed by atoms with Crippen LogP contribution in [0.1, 0.15) is 18.4 Å². The lowest BCUT2D eigenvalue weighted by atomic mass is 10.0. The third kappa shape index (κ3) is 5.10. The highest BCUT2D eigenvalue weighted by atomic mass is 19.1. The lowest BCUT2D eigenvalue weighted by Gasteiger charge is -2.36. The van der Waals surface area contributed by atoms with Crippen molar-refractivity contribution >= 4 is 23.1 Å². The van der Waals surface area contributed by atoms with Gasteiger partial charge in [0.25, 0.3) is 0 Å². The van der Waals surface area contributed by atoms with Crippen molar-refractivity contribution in [2.75, 3.05) is 61.4 Å². The number of urea groups is 1. The smallest absolute Gasteiger partial charge is 0.324 e. The fraction of sp³-hybridized carbons (Fsp3) is 0.458. The van der Waals surface area contributed by atoms with E-state index >= 15 is 0 Å². The molecule has 2 aromatic rings. The fourth-order valence-electron chi connectivity index (χ4n) is 4.45. The quantitative estimate of drug-likeness (QED) is 0.785. The molecule has 166 valence electrons. The maximum atomic E-state index is 13.1. The summed E-state index contributed by atoms with van der Waals surface area (Å²) in [4.78, 5) is 19.2. The molecule has 0 radical (unpaired) electrons. The first kappa shape index (κ1) is 21.4. The molecule has 2 aliphatic rings. The number of benzene rings is 2. The van der Waals surface area contributed by atoms with E-state index in [1.165, 1.54) is 17.8 Å². The summed E-state index contributed by atoms with van der Waals surface area (Å²) in [5.74, 6) is -0.231. The average molecular weight is 426 g/mol. The molecular formula is C24H32FN5O. The summed E-state index contributed by atoms with van der Waals surface area (Å²) in [5.41, 5.74) is 4.20. The van der Waals surface area contributed by atoms with Crippen LogP contribution in [0.15, 0.2) is 42.5 Å². The first-order valence-corrected chi connectivity index (χ1v) is 11.1. The van der Waals surface area contributed by atoms with E-state index in [1.807, 2.05) is 11.9 Å². The van der Waals surface area contributed by atoms with E-state index in [1.54, 1.807) is 17.0 Å². The lowest BCUT2D eigenvalue weighted by Crippen LogP contribution is -2.47. The standard InChI is InChI=1S/C24H32FN5O/c1-18-17-22(29-15-11-26-12-16-29)7-8-23(18)28(2)24(31)30-13-9-21(10-14-30)27-20-5-3-19(25)4-6-20/h3-8,17,21,26-27H,9-16H2,1-2H3. The van der Waals surface area contributed by atoms with Crippen molar-refractivity contribution < 1.29 is 9.18 Å². The van der Waals surface area contributed by atoms with Crippen LogP contribution in [0, 0.1) is 12.7 Å². The van der Waals surface area contributed by atoms with Gasteiger partial charge in [0.15, 0.2) is 0 Å². The number of amides is 2. The second-order valence-electron chi connectivity index (χ2n) is 8.46. The third-order valence-electron chi connectivity index (χ3n) is 6.29. The Morgan fingerprint density at radius 2 is 1.74 bits per heavy atom. The SMILES string of the molecule is Cc1cc(N2CCNCC2)ccc1N(C)C(=O)N1CCC(Nc2ccc(F)cc2)CC1. The van der Waals surface area contributed by atoms with Crippen LogP contribution in [0.3, 0.4) is 0 Å². The van der Waals surface area contributed by atoms with Crippen LogP contribution < -0.4 is 20.4 Å². The van der Waals surface area contributed by atoms with Crippen LogP contribution in [0.25, 0.3) is 0 Å². The van der Waals surface area contributed by atoms with Crippen molar-refractivity contribution in [3.63, 3.8) is 0 Å². The highest BCUT2D eigenvalue weighted by Gasteiger charge is 2.26. The first-order chi connectivity index (χ1) is 15.0. The van der Waals surface area contributed by atoms with Gasteiger partial charge in [-0.05, 0) is 67.8 Å². The van der Waals surface area contributed by atoms with Gasteiger partial charge in [0.05, 0.1) is 0 Å². The maximum Gasteiger partial charge on any atom is 0.324 e. The summed E-state index contributed by atoms with van der Waals surface area (Å²) < 4.78 is 13.1. The zero-order valence-electron chi connectivity index (χ0n) is 18.4. The van der Waals surface area contributed by atoms with Crippen LogP contribution in [0.5, 0.6) is 0 Å². The van der Waals surface area contributed by atoms with Crippen molar-refractivity contribution in [2.45, 2.75) is 25.8 Å². The second-order valence-corrected chi connectivity index (χ2v) is 8.46. The van der Waals surface area contributed by atoms with Gasteiger partial charge in [-0.25, -0.2) is 9.18 Å². The number of anilines is 3. The van der Waals surface area contributed by atoms with Gasteiger partial charge in [-0.2, -0.15) is 0 Å². The van der Waals surface area contributed by atoms with E-state index in [0.717, 1.165) is 56.0 Å². The Bertz CT molecular complexity index is 889. The van der Waals surface area contributed by atoms with Crippen molar-refractivity contribution in [1.82, 2.24) is 10.2 Å². The third-order valence-corrected chi connectivity index (χ3v) is 6.29. The van der Waals surface area contributed by atoms with Gasteiger partial charge < -0.3 is 20.4 Å². The van der Waals surface area contributed by atoms with Crippen molar-refractivity contribution in [1.29, 1.82) is 0 Å². The summed E-state index contributed by atoms with van der Waals surface area (Å²) >= 11 is 0. The molecule has 2 fully saturated rings. The van der Waals surface area contributed by atoms with Crippen LogP contribution in [-0.2, 0) is 0 Å². The number of carbonyl (C=O) groups excluding carboxylic acids is 1. The van der Waals surface area contributed by atoms with Gasteiger partial charge in [0.2, 0.25) is 0 Å². The van der Waals surface area contributed by atoms with Crippen LogP contribution in [0.2, 0.25) is 0 Å². The zero-order valence-corrected chi connectivity index (χ0v) is 18.4. The largest absolute Gasteiger partial charge is 0.382 e. The van der Waals surface area contributed by atoms with E-state index in [0.29, 0.717) is 19.1 Å². The molecule has 6 nitrogen and oxygen atoms in total. The molecule has 0 aliphatic carbocycles. The number of nitrogens with one attached hydrogen (secondary N) is 2. The first-order valence-electron chi connectivity index (χ1n) is 11.1. The number of halogens is 1. The Labute approximate surface area is 184 Å².